The van der Waals surface area contributed by atoms with E-state index < -0.39 is 0 Å². The van der Waals surface area contributed by atoms with Gasteiger partial charge in [-0.3, -0.25) is 0 Å². The summed E-state index contributed by atoms with van der Waals surface area (Å²) in [6, 6.07) is 6.93. The van der Waals surface area contributed by atoms with E-state index in [2.05, 4.69) is 13.8 Å². The van der Waals surface area contributed by atoms with Crippen molar-refractivity contribution in [3.63, 3.8) is 0 Å². The molecule has 1 aromatic rings. The molecule has 1 N–H and O–H groups in total. The highest BCUT2D eigenvalue weighted by molar-refractivity contribution is 5.29. The van der Waals surface area contributed by atoms with Crippen molar-refractivity contribution in [1.29, 1.82) is 0 Å². The van der Waals surface area contributed by atoms with Crippen LogP contribution in [0.5, 0.6) is 11.5 Å². The first-order valence-corrected chi connectivity index (χ1v) is 7.14. The van der Waals surface area contributed by atoms with E-state index in [1.165, 1.54) is 32.1 Å². The van der Waals surface area contributed by atoms with Crippen LogP contribution in [-0.2, 0) is 0 Å². The second-order valence-corrected chi connectivity index (χ2v) is 5.09. The van der Waals surface area contributed by atoms with Crippen molar-refractivity contribution in [2.45, 2.75) is 52.4 Å². The Balaban J connectivity index is 2.07. The van der Waals surface area contributed by atoms with Gasteiger partial charge in [0.05, 0.1) is 6.61 Å². The summed E-state index contributed by atoms with van der Waals surface area (Å²) in [6.45, 7) is 5.31. The van der Waals surface area contributed by atoms with Crippen LogP contribution in [0.25, 0.3) is 0 Å². The predicted molar refractivity (Wildman–Crippen MR) is 76.1 cm³/mol. The van der Waals surface area contributed by atoms with Gasteiger partial charge in [0.1, 0.15) is 11.5 Å². The minimum atomic E-state index is 0.284. The Hall–Kier alpha value is -1.18. The van der Waals surface area contributed by atoms with Gasteiger partial charge >= 0.3 is 0 Å². The molecule has 0 saturated heterocycles. The van der Waals surface area contributed by atoms with Crippen LogP contribution in [0.15, 0.2) is 24.3 Å². The Kier molecular flexibility index (Phi) is 7.31. The van der Waals surface area contributed by atoms with Crippen molar-refractivity contribution in [3.8, 4) is 11.5 Å². The Morgan fingerprint density at radius 3 is 2.44 bits per heavy atom. The molecule has 102 valence electrons. The maximum atomic E-state index is 9.16. The minimum absolute atomic E-state index is 0.284. The van der Waals surface area contributed by atoms with Crippen molar-refractivity contribution >= 4 is 0 Å². The molecule has 1 rings (SSSR count). The Bertz CT molecular complexity index is 305. The fourth-order valence-electron chi connectivity index (χ4n) is 1.98. The number of phenolic OH excluding ortho intramolecular Hbond substituents is 1. The molecule has 0 amide bonds. The highest BCUT2D eigenvalue weighted by Gasteiger charge is 2.02. The quantitative estimate of drug-likeness (QED) is 0.640. The molecule has 0 aliphatic carbocycles. The third kappa shape index (κ3) is 6.53. The van der Waals surface area contributed by atoms with Crippen molar-refractivity contribution in [3.05, 3.63) is 24.3 Å². The zero-order chi connectivity index (χ0) is 13.2. The molecule has 2 nitrogen and oxygen atoms in total. The number of phenols is 1. The van der Waals surface area contributed by atoms with E-state index in [0.717, 1.165) is 24.7 Å². The summed E-state index contributed by atoms with van der Waals surface area (Å²) in [7, 11) is 0. The molecule has 0 bridgehead atoms. The molecule has 0 aliphatic heterocycles. The predicted octanol–water partition coefficient (Wildman–Crippen LogP) is 4.77. The lowest BCUT2D eigenvalue weighted by Gasteiger charge is -2.12. The lowest BCUT2D eigenvalue weighted by molar-refractivity contribution is 0.276. The van der Waals surface area contributed by atoms with Gasteiger partial charge in [-0.2, -0.15) is 0 Å². The number of hydrogen-bond donors (Lipinski definition) is 1. The molecule has 0 saturated carbocycles. The number of ether oxygens (including phenoxy) is 1. The normalized spacial score (nSPS) is 12.3. The molecule has 1 atom stereocenters. The van der Waals surface area contributed by atoms with E-state index in [9.17, 15) is 0 Å². The van der Waals surface area contributed by atoms with E-state index in [4.69, 9.17) is 9.84 Å². The number of aromatic hydroxyl groups is 1. The van der Waals surface area contributed by atoms with E-state index >= 15 is 0 Å². The summed E-state index contributed by atoms with van der Waals surface area (Å²) >= 11 is 0. The average molecular weight is 250 g/mol. The minimum Gasteiger partial charge on any atom is -0.508 e. The molecule has 0 aromatic heterocycles. The second kappa shape index (κ2) is 8.84. The van der Waals surface area contributed by atoms with Gasteiger partial charge in [0.25, 0.3) is 0 Å². The highest BCUT2D eigenvalue weighted by Crippen LogP contribution is 2.18. The molecule has 0 aliphatic rings. The lowest BCUT2D eigenvalue weighted by Crippen LogP contribution is -2.04. The maximum Gasteiger partial charge on any atom is 0.119 e. The zero-order valence-electron chi connectivity index (χ0n) is 11.7. The van der Waals surface area contributed by atoms with Gasteiger partial charge in [-0.1, -0.05) is 46.0 Å². The Morgan fingerprint density at radius 2 is 1.78 bits per heavy atom. The first-order chi connectivity index (χ1) is 8.72. The van der Waals surface area contributed by atoms with Crippen LogP contribution in [0.1, 0.15) is 52.4 Å². The number of unbranched alkanes of at least 4 members (excludes halogenated alkanes) is 3. The summed E-state index contributed by atoms with van der Waals surface area (Å²) in [5.41, 5.74) is 0. The SMILES string of the molecule is CCCCCC[C@H](C)CCOc1ccc(O)cc1. The Labute approximate surface area is 111 Å². The van der Waals surface area contributed by atoms with Crippen LogP contribution in [0.4, 0.5) is 0 Å². The summed E-state index contributed by atoms with van der Waals surface area (Å²) < 4.78 is 5.65. The monoisotopic (exact) mass is 250 g/mol. The van der Waals surface area contributed by atoms with Gasteiger partial charge in [-0.25, -0.2) is 0 Å². The lowest BCUT2D eigenvalue weighted by atomic mass is 10.00. The highest BCUT2D eigenvalue weighted by atomic mass is 16.5. The van der Waals surface area contributed by atoms with E-state index in [0.29, 0.717) is 0 Å². The second-order valence-electron chi connectivity index (χ2n) is 5.09. The van der Waals surface area contributed by atoms with Gasteiger partial charge < -0.3 is 9.84 Å². The van der Waals surface area contributed by atoms with Crippen molar-refractivity contribution in [2.75, 3.05) is 6.61 Å². The number of benzene rings is 1. The fourth-order valence-corrected chi connectivity index (χ4v) is 1.98. The standard InChI is InChI=1S/C16H26O2/c1-3-4-5-6-7-14(2)12-13-18-16-10-8-15(17)9-11-16/h8-11,14,17H,3-7,12-13H2,1-2H3/t14-/m0/s1. The molecule has 18 heavy (non-hydrogen) atoms. The fraction of sp³-hybridized carbons (Fsp3) is 0.625. The number of hydrogen-bond acceptors (Lipinski definition) is 2. The molecule has 0 fully saturated rings. The summed E-state index contributed by atoms with van der Waals surface area (Å²) in [4.78, 5) is 0. The molecular formula is C16H26O2. The molecule has 0 spiro atoms. The van der Waals surface area contributed by atoms with E-state index in [1.807, 2.05) is 0 Å². The van der Waals surface area contributed by atoms with Crippen LogP contribution in [0.2, 0.25) is 0 Å². The van der Waals surface area contributed by atoms with Gasteiger partial charge in [0.2, 0.25) is 0 Å². The van der Waals surface area contributed by atoms with Crippen LogP contribution in [-0.4, -0.2) is 11.7 Å². The van der Waals surface area contributed by atoms with E-state index in [-0.39, 0.29) is 5.75 Å². The summed E-state index contributed by atoms with van der Waals surface area (Å²) in [6.07, 6.45) is 7.77. The van der Waals surface area contributed by atoms with Crippen LogP contribution in [0, 0.1) is 5.92 Å². The van der Waals surface area contributed by atoms with Gasteiger partial charge in [0.15, 0.2) is 0 Å². The molecule has 0 heterocycles. The first-order valence-electron chi connectivity index (χ1n) is 7.14. The largest absolute Gasteiger partial charge is 0.508 e. The molecular weight excluding hydrogens is 224 g/mol. The van der Waals surface area contributed by atoms with Crippen LogP contribution >= 0.6 is 0 Å². The topological polar surface area (TPSA) is 29.5 Å². The van der Waals surface area contributed by atoms with Crippen molar-refractivity contribution in [2.24, 2.45) is 5.92 Å². The molecule has 0 unspecified atom stereocenters. The van der Waals surface area contributed by atoms with Crippen molar-refractivity contribution in [1.82, 2.24) is 0 Å². The molecule has 2 heteroatoms. The third-order valence-corrected chi connectivity index (χ3v) is 3.27. The van der Waals surface area contributed by atoms with Gasteiger partial charge in [-0.15, -0.1) is 0 Å². The molecule has 1 aromatic carbocycles. The third-order valence-electron chi connectivity index (χ3n) is 3.27. The average Bonchev–Trinajstić information content (AvgIpc) is 2.37. The van der Waals surface area contributed by atoms with Gasteiger partial charge in [-0.05, 0) is 36.6 Å². The smallest absolute Gasteiger partial charge is 0.119 e. The van der Waals surface area contributed by atoms with Crippen LogP contribution in [0.3, 0.4) is 0 Å². The van der Waals surface area contributed by atoms with Crippen molar-refractivity contribution < 1.29 is 9.84 Å². The maximum absolute atomic E-state index is 9.16. The van der Waals surface area contributed by atoms with E-state index in [1.54, 1.807) is 24.3 Å². The first kappa shape index (κ1) is 14.9. The zero-order valence-corrected chi connectivity index (χ0v) is 11.7. The summed E-state index contributed by atoms with van der Waals surface area (Å²) in [5.74, 6) is 1.86. The number of rotatable bonds is 9. The van der Waals surface area contributed by atoms with Gasteiger partial charge in [0, 0.05) is 0 Å². The summed E-state index contributed by atoms with van der Waals surface area (Å²) in [5, 5.41) is 9.16. The molecule has 0 radical (unpaired) electrons. The Morgan fingerprint density at radius 1 is 1.06 bits per heavy atom. The van der Waals surface area contributed by atoms with Crippen LogP contribution < -0.4 is 4.74 Å².